The van der Waals surface area contributed by atoms with Gasteiger partial charge in [-0.1, -0.05) is 29.8 Å². The van der Waals surface area contributed by atoms with E-state index in [1.165, 1.54) is 10.4 Å². The molecule has 3 rings (SSSR count). The van der Waals surface area contributed by atoms with Crippen LogP contribution in [0, 0.1) is 18.3 Å². The molecule has 0 aliphatic carbocycles. The quantitative estimate of drug-likeness (QED) is 0.769. The van der Waals surface area contributed by atoms with Crippen LogP contribution in [0.5, 0.6) is 0 Å². The molecule has 1 fully saturated rings. The second-order valence-electron chi connectivity index (χ2n) is 7.07. The van der Waals surface area contributed by atoms with E-state index in [0.717, 1.165) is 11.1 Å². The van der Waals surface area contributed by atoms with Gasteiger partial charge in [0.2, 0.25) is 15.9 Å². The number of aryl methyl sites for hydroxylation is 1. The molecular formula is C22H23N3O3S. The minimum atomic E-state index is -3.50. The SMILES string of the molecule is Cc1ccc(S(=O)(=O)N2CCC(NC(=O)C=Cc3ccc(C#N)cc3)CC2)cc1. The molecule has 1 saturated heterocycles. The van der Waals surface area contributed by atoms with Gasteiger partial charge in [-0.25, -0.2) is 8.42 Å². The molecule has 0 radical (unpaired) electrons. The van der Waals surface area contributed by atoms with E-state index in [2.05, 4.69) is 5.32 Å². The van der Waals surface area contributed by atoms with Crippen LogP contribution in [-0.4, -0.2) is 37.8 Å². The Morgan fingerprint density at radius 2 is 1.72 bits per heavy atom. The van der Waals surface area contributed by atoms with E-state index in [-0.39, 0.29) is 11.9 Å². The monoisotopic (exact) mass is 409 g/mol. The van der Waals surface area contributed by atoms with Crippen molar-refractivity contribution in [3.63, 3.8) is 0 Å². The van der Waals surface area contributed by atoms with E-state index in [1.807, 2.05) is 13.0 Å². The van der Waals surface area contributed by atoms with Crippen molar-refractivity contribution in [1.82, 2.24) is 9.62 Å². The summed E-state index contributed by atoms with van der Waals surface area (Å²) in [6.07, 6.45) is 4.29. The van der Waals surface area contributed by atoms with Gasteiger partial charge in [-0.15, -0.1) is 0 Å². The molecule has 0 atom stereocenters. The van der Waals surface area contributed by atoms with Crippen LogP contribution in [0.4, 0.5) is 0 Å². The molecule has 0 aromatic heterocycles. The number of carbonyl (C=O) groups excluding carboxylic acids is 1. The highest BCUT2D eigenvalue weighted by Crippen LogP contribution is 2.21. The third-order valence-corrected chi connectivity index (χ3v) is 6.84. The molecule has 150 valence electrons. The highest BCUT2D eigenvalue weighted by atomic mass is 32.2. The van der Waals surface area contributed by atoms with E-state index in [9.17, 15) is 13.2 Å². The standard InChI is InChI=1S/C22H23N3O3S/c1-17-2-9-21(10-3-17)29(27,28)25-14-12-20(13-15-25)24-22(26)11-8-18-4-6-19(16-23)7-5-18/h2-11,20H,12-15H2,1H3,(H,24,26). The Kier molecular flexibility index (Phi) is 6.47. The fourth-order valence-electron chi connectivity index (χ4n) is 3.19. The van der Waals surface area contributed by atoms with E-state index in [4.69, 9.17) is 5.26 Å². The van der Waals surface area contributed by atoms with Gasteiger partial charge in [0, 0.05) is 25.2 Å². The lowest BCUT2D eigenvalue weighted by Crippen LogP contribution is -2.46. The van der Waals surface area contributed by atoms with Crippen LogP contribution < -0.4 is 5.32 Å². The van der Waals surface area contributed by atoms with E-state index in [0.29, 0.717) is 36.4 Å². The summed E-state index contributed by atoms with van der Waals surface area (Å²) in [5, 5.41) is 11.7. The van der Waals surface area contributed by atoms with Crippen molar-refractivity contribution in [1.29, 1.82) is 5.26 Å². The van der Waals surface area contributed by atoms with Crippen molar-refractivity contribution in [3.8, 4) is 6.07 Å². The molecular weight excluding hydrogens is 386 g/mol. The number of hydrogen-bond acceptors (Lipinski definition) is 4. The zero-order valence-electron chi connectivity index (χ0n) is 16.2. The molecule has 1 heterocycles. The lowest BCUT2D eigenvalue weighted by Gasteiger charge is -2.31. The Bertz CT molecular complexity index is 1030. The molecule has 1 aliphatic heterocycles. The summed E-state index contributed by atoms with van der Waals surface area (Å²) in [5.74, 6) is -0.214. The fourth-order valence-corrected chi connectivity index (χ4v) is 4.66. The number of benzene rings is 2. The zero-order chi connectivity index (χ0) is 20.9. The molecule has 1 amide bonds. The summed E-state index contributed by atoms with van der Waals surface area (Å²) in [5.41, 5.74) is 2.41. The number of sulfonamides is 1. The number of nitrogens with one attached hydrogen (secondary N) is 1. The van der Waals surface area contributed by atoms with Crippen molar-refractivity contribution in [2.24, 2.45) is 0 Å². The third-order valence-electron chi connectivity index (χ3n) is 4.93. The molecule has 0 spiro atoms. The van der Waals surface area contributed by atoms with E-state index >= 15 is 0 Å². The van der Waals surface area contributed by atoms with Crippen LogP contribution in [-0.2, 0) is 14.8 Å². The smallest absolute Gasteiger partial charge is 0.244 e. The maximum absolute atomic E-state index is 12.7. The molecule has 29 heavy (non-hydrogen) atoms. The second kappa shape index (κ2) is 9.03. The molecule has 2 aromatic carbocycles. The lowest BCUT2D eigenvalue weighted by molar-refractivity contribution is -0.117. The van der Waals surface area contributed by atoms with Crippen molar-refractivity contribution < 1.29 is 13.2 Å². The van der Waals surface area contributed by atoms with Crippen LogP contribution in [0.25, 0.3) is 6.08 Å². The maximum Gasteiger partial charge on any atom is 0.244 e. The summed E-state index contributed by atoms with van der Waals surface area (Å²) in [6.45, 7) is 2.67. The summed E-state index contributed by atoms with van der Waals surface area (Å²) >= 11 is 0. The van der Waals surface area contributed by atoms with Gasteiger partial charge in [-0.3, -0.25) is 4.79 Å². The van der Waals surface area contributed by atoms with Gasteiger partial charge >= 0.3 is 0 Å². The molecule has 0 bridgehead atoms. The van der Waals surface area contributed by atoms with Gasteiger partial charge in [0.25, 0.3) is 0 Å². The second-order valence-corrected chi connectivity index (χ2v) is 9.01. The topological polar surface area (TPSA) is 90.3 Å². The maximum atomic E-state index is 12.7. The number of amides is 1. The van der Waals surface area contributed by atoms with E-state index < -0.39 is 10.0 Å². The van der Waals surface area contributed by atoms with Crippen LogP contribution in [0.3, 0.4) is 0 Å². The Morgan fingerprint density at radius 1 is 1.10 bits per heavy atom. The average Bonchev–Trinajstić information content (AvgIpc) is 2.73. The van der Waals surface area contributed by atoms with Crippen molar-refractivity contribution in [2.45, 2.75) is 30.7 Å². The minimum absolute atomic E-state index is 0.0578. The molecule has 0 unspecified atom stereocenters. The molecule has 7 heteroatoms. The molecule has 1 aliphatic rings. The predicted octanol–water partition coefficient (Wildman–Crippen LogP) is 2.85. The number of nitrogens with zero attached hydrogens (tertiary/aromatic N) is 2. The first-order valence-electron chi connectivity index (χ1n) is 9.44. The number of hydrogen-bond donors (Lipinski definition) is 1. The first-order chi connectivity index (χ1) is 13.9. The molecule has 0 saturated carbocycles. The largest absolute Gasteiger partial charge is 0.350 e. The van der Waals surface area contributed by atoms with Crippen LogP contribution in [0.1, 0.15) is 29.5 Å². The van der Waals surface area contributed by atoms with Gasteiger partial charge < -0.3 is 5.32 Å². The predicted molar refractivity (Wildman–Crippen MR) is 111 cm³/mol. The molecule has 1 N–H and O–H groups in total. The van der Waals surface area contributed by atoms with Crippen LogP contribution in [0.2, 0.25) is 0 Å². The summed E-state index contributed by atoms with van der Waals surface area (Å²) in [4.78, 5) is 12.5. The summed E-state index contributed by atoms with van der Waals surface area (Å²) in [7, 11) is -3.50. The average molecular weight is 410 g/mol. The first kappa shape index (κ1) is 20.8. The van der Waals surface area contributed by atoms with Crippen molar-refractivity contribution in [2.75, 3.05) is 13.1 Å². The van der Waals surface area contributed by atoms with Crippen LogP contribution >= 0.6 is 0 Å². The summed E-state index contributed by atoms with van der Waals surface area (Å²) in [6, 6.07) is 15.8. The number of carbonyl (C=O) groups is 1. The zero-order valence-corrected chi connectivity index (χ0v) is 17.0. The van der Waals surface area contributed by atoms with Gasteiger partial charge in [0.05, 0.1) is 16.5 Å². The first-order valence-corrected chi connectivity index (χ1v) is 10.9. The Morgan fingerprint density at radius 3 is 2.31 bits per heavy atom. The van der Waals surface area contributed by atoms with Crippen molar-refractivity contribution >= 4 is 22.0 Å². The fraction of sp³-hybridized carbons (Fsp3) is 0.273. The number of nitriles is 1. The normalized spacial score (nSPS) is 15.9. The minimum Gasteiger partial charge on any atom is -0.350 e. The lowest BCUT2D eigenvalue weighted by atomic mass is 10.1. The molecule has 2 aromatic rings. The van der Waals surface area contributed by atoms with Crippen molar-refractivity contribution in [3.05, 3.63) is 71.3 Å². The number of piperidine rings is 1. The third kappa shape index (κ3) is 5.31. The Labute approximate surface area is 171 Å². The van der Waals surface area contributed by atoms with Gasteiger partial charge in [0.15, 0.2) is 0 Å². The Hall–Kier alpha value is -2.95. The Balaban J connectivity index is 1.52. The highest BCUT2D eigenvalue weighted by molar-refractivity contribution is 7.89. The van der Waals surface area contributed by atoms with E-state index in [1.54, 1.807) is 54.6 Å². The van der Waals surface area contributed by atoms with Gasteiger partial charge in [0.1, 0.15) is 0 Å². The van der Waals surface area contributed by atoms with Crippen LogP contribution in [0.15, 0.2) is 59.5 Å². The highest BCUT2D eigenvalue weighted by Gasteiger charge is 2.29. The van der Waals surface area contributed by atoms with Gasteiger partial charge in [-0.05, 0) is 55.7 Å². The number of rotatable bonds is 5. The molecule has 6 nitrogen and oxygen atoms in total. The summed E-state index contributed by atoms with van der Waals surface area (Å²) < 4.78 is 27.0. The van der Waals surface area contributed by atoms with Gasteiger partial charge in [-0.2, -0.15) is 9.57 Å².